The van der Waals surface area contributed by atoms with Crippen LogP contribution in [0.25, 0.3) is 0 Å². The van der Waals surface area contributed by atoms with Gasteiger partial charge >= 0.3 is 34.5 Å². The predicted octanol–water partition coefficient (Wildman–Crippen LogP) is 1.42. The highest BCUT2D eigenvalue weighted by atomic mass is 19.4. The van der Waals surface area contributed by atoms with E-state index >= 15 is 0 Å². The molecule has 0 aromatic carbocycles. The van der Waals surface area contributed by atoms with Gasteiger partial charge in [-0.05, 0) is 41.5 Å². The number of rotatable bonds is 4. The molecule has 0 atom stereocenters. The van der Waals surface area contributed by atoms with Crippen LogP contribution in [0.2, 0.25) is 0 Å². The summed E-state index contributed by atoms with van der Waals surface area (Å²) >= 11 is 0. The Morgan fingerprint density at radius 2 is 1.05 bits per heavy atom. The summed E-state index contributed by atoms with van der Waals surface area (Å²) in [5, 5.41) is 10.4. The van der Waals surface area contributed by atoms with Gasteiger partial charge in [0.1, 0.15) is 5.56 Å². The zero-order valence-electron chi connectivity index (χ0n) is 22.5. The maximum Gasteiger partial charge on any atom is 0.423 e. The molecule has 226 valence electrons. The normalized spacial score (nSPS) is 11.1. The van der Waals surface area contributed by atoms with Crippen molar-refractivity contribution in [2.24, 2.45) is 0 Å². The van der Waals surface area contributed by atoms with Gasteiger partial charge in [0.25, 0.3) is 11.1 Å². The number of nitro groups is 1. The van der Waals surface area contributed by atoms with Gasteiger partial charge < -0.3 is 0 Å². The van der Waals surface area contributed by atoms with Crippen LogP contribution in [-0.2, 0) is 6.18 Å². The molecule has 0 amide bonds. The van der Waals surface area contributed by atoms with Gasteiger partial charge in [0, 0.05) is 24.3 Å². The van der Waals surface area contributed by atoms with Crippen molar-refractivity contribution in [3.8, 4) is 0 Å². The Hall–Kier alpha value is -4.84. The fourth-order valence-electron chi connectivity index (χ4n) is 2.90. The van der Waals surface area contributed by atoms with Crippen molar-refractivity contribution in [1.82, 2.24) is 28.7 Å². The van der Waals surface area contributed by atoms with Crippen molar-refractivity contribution in [3.05, 3.63) is 103 Å². The number of halogens is 4. The van der Waals surface area contributed by atoms with Crippen LogP contribution in [0, 0.1) is 15.9 Å². The average molecular weight is 593 g/mol. The number of alkyl halides is 3. The third-order valence-corrected chi connectivity index (χ3v) is 5.01. The van der Waals surface area contributed by atoms with Crippen molar-refractivity contribution < 1.29 is 22.5 Å². The number of H-pyrrole nitrogens is 3. The third-order valence-electron chi connectivity index (χ3n) is 5.01. The second kappa shape index (κ2) is 13.5. The van der Waals surface area contributed by atoms with Crippen molar-refractivity contribution in [3.63, 3.8) is 0 Å². The number of hydrogen-bond donors (Lipinski definition) is 3. The number of hydrogen-bond acceptors (Lipinski definition) is 8. The number of aromatic nitrogens is 6. The number of nitrogens with one attached hydrogen (secondary N) is 3. The molecule has 3 rings (SSSR count). The second-order valence-electron chi connectivity index (χ2n) is 9.07. The van der Waals surface area contributed by atoms with Gasteiger partial charge in [-0.15, -0.1) is 0 Å². The van der Waals surface area contributed by atoms with Crippen molar-refractivity contribution in [1.29, 1.82) is 0 Å². The van der Waals surface area contributed by atoms with Crippen LogP contribution in [0.3, 0.4) is 0 Å². The van der Waals surface area contributed by atoms with E-state index in [4.69, 9.17) is 0 Å². The largest absolute Gasteiger partial charge is 0.423 e. The molecule has 0 saturated heterocycles. The highest BCUT2D eigenvalue weighted by Gasteiger charge is 2.35. The smallest absolute Gasteiger partial charge is 0.297 e. The summed E-state index contributed by atoms with van der Waals surface area (Å²) in [5.41, 5.74) is -7.43. The maximum atomic E-state index is 12.6. The van der Waals surface area contributed by atoms with E-state index in [0.717, 1.165) is 26.1 Å². The molecule has 0 spiro atoms. The molecular weight excluding hydrogens is 566 g/mol. The summed E-state index contributed by atoms with van der Waals surface area (Å²) in [5.74, 6) is -0.941. The van der Waals surface area contributed by atoms with Gasteiger partial charge in [-0.25, -0.2) is 14.4 Å². The lowest BCUT2D eigenvalue weighted by atomic mass is 10.3. The van der Waals surface area contributed by atoms with E-state index in [-0.39, 0.29) is 12.1 Å². The molecule has 15 nitrogen and oxygen atoms in total. The van der Waals surface area contributed by atoms with E-state index in [1.54, 1.807) is 46.5 Å². The Balaban J connectivity index is 0.000000309. The lowest BCUT2D eigenvalue weighted by Crippen LogP contribution is -2.35. The average Bonchev–Trinajstić information content (AvgIpc) is 2.80. The van der Waals surface area contributed by atoms with Crippen molar-refractivity contribution >= 4 is 5.69 Å². The first-order valence-corrected chi connectivity index (χ1v) is 11.6. The van der Waals surface area contributed by atoms with E-state index in [1.807, 2.05) is 9.97 Å². The van der Waals surface area contributed by atoms with Crippen LogP contribution >= 0.6 is 0 Å². The topological polar surface area (TPSA) is 208 Å². The predicted molar refractivity (Wildman–Crippen MR) is 137 cm³/mol. The van der Waals surface area contributed by atoms with Gasteiger partial charge in [0.05, 0.1) is 17.3 Å². The molecule has 41 heavy (non-hydrogen) atoms. The quantitative estimate of drug-likeness (QED) is 0.228. The molecule has 3 aromatic rings. The van der Waals surface area contributed by atoms with Gasteiger partial charge in [-0.3, -0.25) is 53.2 Å². The van der Waals surface area contributed by atoms with Gasteiger partial charge in [-0.1, -0.05) is 0 Å². The fraction of sp³-hybridized carbons (Fsp3) is 0.455. The molecular formula is C22H27F4N7O8. The van der Waals surface area contributed by atoms with E-state index in [0.29, 0.717) is 6.20 Å². The van der Waals surface area contributed by atoms with Gasteiger partial charge in [0.2, 0.25) is 5.82 Å². The lowest BCUT2D eigenvalue weighted by Gasteiger charge is -2.11. The number of aromatic amines is 3. The van der Waals surface area contributed by atoms with E-state index < -0.39 is 68.0 Å². The SMILES string of the molecule is CC(C)n1cc(C(F)(F)F)c(=O)[nH]c1=O.CC(C)n1cc(F)c(=O)[nH]c1=O.CC(C)n1cc([N+](=O)[O-])c(=O)[nH]c1=O. The summed E-state index contributed by atoms with van der Waals surface area (Å²) in [6.45, 7) is 9.89. The van der Waals surface area contributed by atoms with E-state index in [1.165, 1.54) is 0 Å². The molecule has 0 radical (unpaired) electrons. The Morgan fingerprint density at radius 3 is 1.44 bits per heavy atom. The standard InChI is InChI=1S/C8H9F3N2O2.C7H9FN2O2.C7H9N3O4/c1-4(2)13-3-5(8(9,10)11)6(14)12-7(13)15;1-4(2)10-3-5(8)6(11)9-7(10)12;1-4(2)9-3-5(10(13)14)6(11)8-7(9)12/h3-4H,1-2H3,(H,12,14,15);3-4H,1-2H3,(H,9,11,12);3-4H,1-2H3,(H,8,11,12). The molecule has 19 heteroatoms. The minimum Gasteiger partial charge on any atom is -0.297 e. The summed E-state index contributed by atoms with van der Waals surface area (Å²) in [7, 11) is 0. The monoisotopic (exact) mass is 593 g/mol. The Kier molecular flexibility index (Phi) is 11.2. The molecule has 0 bridgehead atoms. The molecule has 0 aliphatic carbocycles. The fourth-order valence-corrected chi connectivity index (χ4v) is 2.90. The minimum absolute atomic E-state index is 0.163. The summed E-state index contributed by atoms with van der Waals surface area (Å²) in [4.78, 5) is 80.5. The van der Waals surface area contributed by atoms with E-state index in [9.17, 15) is 56.4 Å². The van der Waals surface area contributed by atoms with Gasteiger partial charge in [0.15, 0.2) is 0 Å². The lowest BCUT2D eigenvalue weighted by molar-refractivity contribution is -0.386. The van der Waals surface area contributed by atoms with Crippen molar-refractivity contribution in [2.45, 2.75) is 65.8 Å². The van der Waals surface area contributed by atoms with E-state index in [2.05, 4.69) is 0 Å². The zero-order chi connectivity index (χ0) is 32.0. The van der Waals surface area contributed by atoms with Gasteiger partial charge in [-0.2, -0.15) is 17.6 Å². The molecule has 0 aliphatic heterocycles. The second-order valence-corrected chi connectivity index (χ2v) is 9.07. The molecule has 3 aromatic heterocycles. The third kappa shape index (κ3) is 9.11. The first-order valence-electron chi connectivity index (χ1n) is 11.6. The van der Waals surface area contributed by atoms with Crippen molar-refractivity contribution in [2.75, 3.05) is 0 Å². The maximum absolute atomic E-state index is 12.6. The Labute approximate surface area is 225 Å². The van der Waals surface area contributed by atoms with Crippen LogP contribution in [0.5, 0.6) is 0 Å². The minimum atomic E-state index is -4.75. The van der Waals surface area contributed by atoms with Crippen LogP contribution in [0.1, 0.15) is 65.2 Å². The highest BCUT2D eigenvalue weighted by molar-refractivity contribution is 5.20. The van der Waals surface area contributed by atoms with Crippen LogP contribution < -0.4 is 33.7 Å². The Bertz CT molecular complexity index is 1740. The zero-order valence-corrected chi connectivity index (χ0v) is 22.5. The van der Waals surface area contributed by atoms with Crippen LogP contribution in [0.4, 0.5) is 23.2 Å². The summed E-state index contributed by atoms with van der Waals surface area (Å²) in [6, 6.07) is -0.850. The van der Waals surface area contributed by atoms with Crippen LogP contribution in [0.15, 0.2) is 47.4 Å². The first-order chi connectivity index (χ1) is 18.7. The highest BCUT2D eigenvalue weighted by Crippen LogP contribution is 2.25. The molecule has 0 fully saturated rings. The molecule has 0 aliphatic rings. The summed E-state index contributed by atoms with van der Waals surface area (Å²) in [6.07, 6.45) is -2.36. The first kappa shape index (κ1) is 34.2. The van der Waals surface area contributed by atoms with Crippen LogP contribution in [-0.4, -0.2) is 33.6 Å². The molecule has 0 unspecified atom stereocenters. The molecule has 3 heterocycles. The Morgan fingerprint density at radius 1 is 0.683 bits per heavy atom. The summed E-state index contributed by atoms with van der Waals surface area (Å²) < 4.78 is 52.5. The molecule has 0 saturated carbocycles. The molecule has 3 N–H and O–H groups in total. The number of nitrogens with zero attached hydrogens (tertiary/aromatic N) is 4.